The molecule has 0 bridgehead atoms. The molecule has 1 aliphatic heterocycles. The summed E-state index contributed by atoms with van der Waals surface area (Å²) in [6.07, 6.45) is 2.79. The number of benzene rings is 1. The first-order valence-electron chi connectivity index (χ1n) is 8.91. The van der Waals surface area contributed by atoms with Gasteiger partial charge in [0, 0.05) is 32.6 Å². The second-order valence-electron chi connectivity index (χ2n) is 6.51. The van der Waals surface area contributed by atoms with Crippen LogP contribution in [0, 0.1) is 5.92 Å². The molecule has 1 heterocycles. The maximum absolute atomic E-state index is 12.3. The molecule has 23 heavy (non-hydrogen) atoms. The van der Waals surface area contributed by atoms with E-state index in [0.717, 1.165) is 45.7 Å². The van der Waals surface area contributed by atoms with Gasteiger partial charge in [0.1, 0.15) is 0 Å². The van der Waals surface area contributed by atoms with Crippen molar-refractivity contribution in [1.29, 1.82) is 0 Å². The third kappa shape index (κ3) is 5.96. The van der Waals surface area contributed by atoms with Gasteiger partial charge in [-0.3, -0.25) is 9.69 Å². The lowest BCUT2D eigenvalue weighted by Gasteiger charge is -2.25. The molecule has 4 nitrogen and oxygen atoms in total. The summed E-state index contributed by atoms with van der Waals surface area (Å²) in [4.78, 5) is 16.9. The van der Waals surface area contributed by atoms with Crippen LogP contribution in [-0.2, 0) is 11.3 Å². The number of hydrogen-bond donors (Lipinski definition) is 1. The van der Waals surface area contributed by atoms with Gasteiger partial charge in [0.2, 0.25) is 5.91 Å². The highest BCUT2D eigenvalue weighted by Crippen LogP contribution is 2.20. The lowest BCUT2D eigenvalue weighted by molar-refractivity contribution is -0.131. The van der Waals surface area contributed by atoms with Crippen LogP contribution < -0.4 is 5.32 Å². The first-order chi connectivity index (χ1) is 11.2. The highest BCUT2D eigenvalue weighted by atomic mass is 16.2. The molecular formula is C19H31N3O. The number of amides is 1. The molecule has 128 valence electrons. The molecule has 1 aliphatic rings. The molecule has 1 saturated heterocycles. The Morgan fingerprint density at radius 1 is 1.35 bits per heavy atom. The van der Waals surface area contributed by atoms with E-state index < -0.39 is 0 Å². The summed E-state index contributed by atoms with van der Waals surface area (Å²) in [5.74, 6) is 0.927. The van der Waals surface area contributed by atoms with Gasteiger partial charge in [-0.15, -0.1) is 0 Å². The fourth-order valence-electron chi connectivity index (χ4n) is 3.34. The SMILES string of the molecule is CCN(CC1CCN(Cc2ccccc2)C1)C(=O)CCCNC. The number of nitrogens with zero attached hydrogens (tertiary/aromatic N) is 2. The summed E-state index contributed by atoms with van der Waals surface area (Å²) in [7, 11) is 1.93. The average Bonchev–Trinajstić information content (AvgIpc) is 3.00. The Balaban J connectivity index is 1.75. The Labute approximate surface area is 140 Å². The number of carbonyl (C=O) groups excluding carboxylic acids is 1. The van der Waals surface area contributed by atoms with Crippen LogP contribution in [-0.4, -0.2) is 55.5 Å². The fraction of sp³-hybridized carbons (Fsp3) is 0.632. The largest absolute Gasteiger partial charge is 0.343 e. The number of likely N-dealkylation sites (tertiary alicyclic amines) is 1. The summed E-state index contributed by atoms with van der Waals surface area (Å²) >= 11 is 0. The molecule has 0 aromatic heterocycles. The van der Waals surface area contributed by atoms with Gasteiger partial charge in [-0.2, -0.15) is 0 Å². The number of carbonyl (C=O) groups is 1. The molecule has 0 saturated carbocycles. The van der Waals surface area contributed by atoms with E-state index in [0.29, 0.717) is 18.2 Å². The standard InChI is InChI=1S/C19H31N3O/c1-3-22(19(23)10-7-12-20-2)16-18-11-13-21(15-18)14-17-8-5-4-6-9-17/h4-6,8-9,18,20H,3,7,10-16H2,1-2H3. The average molecular weight is 317 g/mol. The minimum absolute atomic E-state index is 0.309. The van der Waals surface area contributed by atoms with Crippen LogP contribution in [0.2, 0.25) is 0 Å². The summed E-state index contributed by atoms with van der Waals surface area (Å²) in [5, 5.41) is 3.10. The van der Waals surface area contributed by atoms with Crippen LogP contribution in [0.3, 0.4) is 0 Å². The van der Waals surface area contributed by atoms with E-state index in [9.17, 15) is 4.79 Å². The zero-order chi connectivity index (χ0) is 16.5. The second-order valence-corrected chi connectivity index (χ2v) is 6.51. The van der Waals surface area contributed by atoms with Crippen molar-refractivity contribution in [2.75, 3.05) is 39.8 Å². The minimum atomic E-state index is 0.309. The second kappa shape index (κ2) is 9.68. The third-order valence-electron chi connectivity index (χ3n) is 4.65. The molecule has 2 rings (SSSR count). The highest BCUT2D eigenvalue weighted by Gasteiger charge is 2.25. The van der Waals surface area contributed by atoms with Gasteiger partial charge >= 0.3 is 0 Å². The topological polar surface area (TPSA) is 35.6 Å². The molecular weight excluding hydrogens is 286 g/mol. The maximum atomic E-state index is 12.3. The highest BCUT2D eigenvalue weighted by molar-refractivity contribution is 5.76. The van der Waals surface area contributed by atoms with Gasteiger partial charge in [-0.05, 0) is 51.4 Å². The molecule has 0 spiro atoms. The van der Waals surface area contributed by atoms with Crippen molar-refractivity contribution in [1.82, 2.24) is 15.1 Å². The molecule has 4 heteroatoms. The Hall–Kier alpha value is -1.39. The van der Waals surface area contributed by atoms with Gasteiger partial charge in [0.15, 0.2) is 0 Å². The monoisotopic (exact) mass is 317 g/mol. The van der Waals surface area contributed by atoms with Crippen molar-refractivity contribution in [2.45, 2.75) is 32.7 Å². The van der Waals surface area contributed by atoms with Crippen LogP contribution in [0.1, 0.15) is 31.7 Å². The number of rotatable bonds is 9. The molecule has 1 fully saturated rings. The number of nitrogens with one attached hydrogen (secondary N) is 1. The first kappa shape index (κ1) is 18.0. The van der Waals surface area contributed by atoms with Crippen LogP contribution >= 0.6 is 0 Å². The van der Waals surface area contributed by atoms with Gasteiger partial charge in [0.25, 0.3) is 0 Å². The molecule has 1 atom stereocenters. The van der Waals surface area contributed by atoms with Crippen LogP contribution in [0.25, 0.3) is 0 Å². The van der Waals surface area contributed by atoms with Crippen molar-refractivity contribution in [2.24, 2.45) is 5.92 Å². The summed E-state index contributed by atoms with van der Waals surface area (Å²) in [6, 6.07) is 10.7. The summed E-state index contributed by atoms with van der Waals surface area (Å²) in [6.45, 7) is 8.03. The van der Waals surface area contributed by atoms with E-state index in [1.165, 1.54) is 12.0 Å². The quantitative estimate of drug-likeness (QED) is 0.710. The Morgan fingerprint density at radius 3 is 2.83 bits per heavy atom. The van der Waals surface area contributed by atoms with E-state index in [1.807, 2.05) is 11.9 Å². The van der Waals surface area contributed by atoms with Crippen molar-refractivity contribution in [3.8, 4) is 0 Å². The van der Waals surface area contributed by atoms with E-state index in [-0.39, 0.29) is 0 Å². The maximum Gasteiger partial charge on any atom is 0.222 e. The Kier molecular flexibility index (Phi) is 7.56. The van der Waals surface area contributed by atoms with Crippen LogP contribution in [0.15, 0.2) is 30.3 Å². The molecule has 0 radical (unpaired) electrons. The molecule has 1 unspecified atom stereocenters. The van der Waals surface area contributed by atoms with Crippen molar-refractivity contribution < 1.29 is 4.79 Å². The smallest absolute Gasteiger partial charge is 0.222 e. The van der Waals surface area contributed by atoms with Crippen molar-refractivity contribution in [3.05, 3.63) is 35.9 Å². The van der Waals surface area contributed by atoms with Crippen molar-refractivity contribution >= 4 is 5.91 Å². The first-order valence-corrected chi connectivity index (χ1v) is 8.91. The minimum Gasteiger partial charge on any atom is -0.343 e. The normalized spacial score (nSPS) is 18.3. The zero-order valence-corrected chi connectivity index (χ0v) is 14.6. The van der Waals surface area contributed by atoms with E-state index >= 15 is 0 Å². The predicted molar refractivity (Wildman–Crippen MR) is 95.2 cm³/mol. The van der Waals surface area contributed by atoms with Gasteiger partial charge < -0.3 is 10.2 Å². The molecule has 1 aromatic carbocycles. The Bertz CT molecular complexity index is 463. The lowest BCUT2D eigenvalue weighted by Crippen LogP contribution is -2.36. The molecule has 1 aromatic rings. The summed E-state index contributed by atoms with van der Waals surface area (Å²) in [5.41, 5.74) is 1.38. The predicted octanol–water partition coefficient (Wildman–Crippen LogP) is 2.36. The van der Waals surface area contributed by atoms with E-state index in [2.05, 4.69) is 47.5 Å². The number of hydrogen-bond acceptors (Lipinski definition) is 3. The Morgan fingerprint density at radius 2 is 2.13 bits per heavy atom. The van der Waals surface area contributed by atoms with E-state index in [4.69, 9.17) is 0 Å². The molecule has 1 N–H and O–H groups in total. The third-order valence-corrected chi connectivity index (χ3v) is 4.65. The lowest BCUT2D eigenvalue weighted by atomic mass is 10.1. The summed E-state index contributed by atoms with van der Waals surface area (Å²) < 4.78 is 0. The van der Waals surface area contributed by atoms with Gasteiger partial charge in [-0.1, -0.05) is 30.3 Å². The zero-order valence-electron chi connectivity index (χ0n) is 14.6. The van der Waals surface area contributed by atoms with Crippen LogP contribution in [0.4, 0.5) is 0 Å². The molecule has 0 aliphatic carbocycles. The van der Waals surface area contributed by atoms with E-state index in [1.54, 1.807) is 0 Å². The van der Waals surface area contributed by atoms with Gasteiger partial charge in [-0.25, -0.2) is 0 Å². The van der Waals surface area contributed by atoms with Crippen molar-refractivity contribution in [3.63, 3.8) is 0 Å². The molecule has 1 amide bonds. The van der Waals surface area contributed by atoms with Crippen LogP contribution in [0.5, 0.6) is 0 Å². The van der Waals surface area contributed by atoms with Gasteiger partial charge in [0.05, 0.1) is 0 Å². The fourth-order valence-corrected chi connectivity index (χ4v) is 3.34.